The summed E-state index contributed by atoms with van der Waals surface area (Å²) in [5, 5.41) is 3.74. The summed E-state index contributed by atoms with van der Waals surface area (Å²) in [4.78, 5) is 33.2. The third-order valence-corrected chi connectivity index (χ3v) is 7.36. The summed E-state index contributed by atoms with van der Waals surface area (Å²) in [6, 6.07) is 5.57. The van der Waals surface area contributed by atoms with Crippen molar-refractivity contribution in [1.29, 1.82) is 0 Å². The Kier molecular flexibility index (Phi) is 6.53. The fourth-order valence-corrected chi connectivity index (χ4v) is 5.23. The van der Waals surface area contributed by atoms with Crippen LogP contribution >= 0.6 is 22.9 Å². The van der Waals surface area contributed by atoms with Crippen molar-refractivity contribution in [3.63, 3.8) is 0 Å². The van der Waals surface area contributed by atoms with Gasteiger partial charge in [-0.15, -0.1) is 0 Å². The Morgan fingerprint density at radius 1 is 1.11 bits per heavy atom. The van der Waals surface area contributed by atoms with Gasteiger partial charge in [0.15, 0.2) is 5.13 Å². The zero-order valence-electron chi connectivity index (χ0n) is 19.7. The summed E-state index contributed by atoms with van der Waals surface area (Å²) in [6.07, 6.45) is 7.21. The van der Waals surface area contributed by atoms with E-state index >= 15 is 0 Å². The predicted molar refractivity (Wildman–Crippen MR) is 140 cm³/mol. The first-order chi connectivity index (χ1) is 16.9. The molecule has 4 aromatic rings. The minimum Gasteiger partial charge on any atom is -0.494 e. The standard InChI is InChI=1S/C25H25ClN6O2S/c1-14-4-6-32(7-5-14)23-10-21-19(12-29-23)30-25(35-21)31-24(33)18-11-27-15(2)8-16(18)17-9-22(26)28-13-20(17)34-3/h8-14H,4-7H2,1-3H3,(H,30,31,33). The number of pyridine rings is 3. The molecule has 5 heterocycles. The molecule has 1 fully saturated rings. The summed E-state index contributed by atoms with van der Waals surface area (Å²) in [5.74, 6) is 1.90. The van der Waals surface area contributed by atoms with E-state index in [-0.39, 0.29) is 5.91 Å². The highest BCUT2D eigenvalue weighted by molar-refractivity contribution is 7.22. The Balaban J connectivity index is 1.43. The van der Waals surface area contributed by atoms with Gasteiger partial charge in [-0.05, 0) is 37.8 Å². The maximum atomic E-state index is 13.3. The minimum absolute atomic E-state index is 0.305. The van der Waals surface area contributed by atoms with Crippen LogP contribution in [-0.4, -0.2) is 46.0 Å². The normalized spacial score (nSPS) is 14.3. The van der Waals surface area contributed by atoms with Crippen molar-refractivity contribution in [3.8, 4) is 16.9 Å². The number of anilines is 2. The molecule has 4 aromatic heterocycles. The molecule has 0 atom stereocenters. The summed E-state index contributed by atoms with van der Waals surface area (Å²) < 4.78 is 6.44. The van der Waals surface area contributed by atoms with E-state index in [2.05, 4.69) is 43.1 Å². The number of amides is 1. The highest BCUT2D eigenvalue weighted by Gasteiger charge is 2.21. The van der Waals surface area contributed by atoms with E-state index in [4.69, 9.17) is 16.3 Å². The molecule has 0 aromatic carbocycles. The topological polar surface area (TPSA) is 93.1 Å². The van der Waals surface area contributed by atoms with Gasteiger partial charge in [-0.1, -0.05) is 29.9 Å². The molecule has 0 aliphatic carbocycles. The Labute approximate surface area is 212 Å². The second-order valence-corrected chi connectivity index (χ2v) is 10.1. The number of methoxy groups -OCH3 is 1. The average Bonchev–Trinajstić information content (AvgIpc) is 3.25. The van der Waals surface area contributed by atoms with Gasteiger partial charge in [-0.2, -0.15) is 0 Å². The van der Waals surface area contributed by atoms with E-state index in [1.165, 1.54) is 30.4 Å². The van der Waals surface area contributed by atoms with E-state index in [1.807, 2.05) is 13.0 Å². The molecule has 1 N–H and O–H groups in total. The molecule has 35 heavy (non-hydrogen) atoms. The van der Waals surface area contributed by atoms with E-state index < -0.39 is 0 Å². The Hall–Kier alpha value is -3.30. The lowest BCUT2D eigenvalue weighted by Crippen LogP contribution is -2.33. The van der Waals surface area contributed by atoms with Crippen molar-refractivity contribution >= 4 is 50.0 Å². The number of fused-ring (bicyclic) bond motifs is 1. The number of aromatic nitrogens is 4. The molecule has 0 unspecified atom stereocenters. The minimum atomic E-state index is -0.320. The maximum Gasteiger partial charge on any atom is 0.259 e. The molecule has 0 saturated carbocycles. The van der Waals surface area contributed by atoms with Crippen LogP contribution in [0.15, 0.2) is 36.8 Å². The number of hydrogen-bond acceptors (Lipinski definition) is 8. The van der Waals surface area contributed by atoms with E-state index in [1.54, 1.807) is 25.6 Å². The molecule has 10 heteroatoms. The lowest BCUT2D eigenvalue weighted by Gasteiger charge is -2.31. The number of hydrogen-bond donors (Lipinski definition) is 1. The fourth-order valence-electron chi connectivity index (χ4n) is 4.20. The van der Waals surface area contributed by atoms with Gasteiger partial charge >= 0.3 is 0 Å². The number of halogens is 1. The average molecular weight is 509 g/mol. The monoisotopic (exact) mass is 508 g/mol. The highest BCUT2D eigenvalue weighted by atomic mass is 35.5. The fraction of sp³-hybridized carbons (Fsp3) is 0.320. The molecule has 180 valence electrons. The van der Waals surface area contributed by atoms with Crippen LogP contribution in [0, 0.1) is 12.8 Å². The van der Waals surface area contributed by atoms with E-state index in [0.29, 0.717) is 32.7 Å². The molecule has 1 saturated heterocycles. The Morgan fingerprint density at radius 2 is 1.91 bits per heavy atom. The summed E-state index contributed by atoms with van der Waals surface area (Å²) >= 11 is 7.57. The second kappa shape index (κ2) is 9.75. The molecule has 1 aliphatic heterocycles. The largest absolute Gasteiger partial charge is 0.494 e. The van der Waals surface area contributed by atoms with E-state index in [9.17, 15) is 4.79 Å². The van der Waals surface area contributed by atoms with Gasteiger partial charge in [-0.25, -0.2) is 15.0 Å². The highest BCUT2D eigenvalue weighted by Crippen LogP contribution is 2.35. The van der Waals surface area contributed by atoms with Gasteiger partial charge in [0, 0.05) is 42.2 Å². The molecule has 0 bridgehead atoms. The van der Waals surface area contributed by atoms with Crippen LogP contribution in [0.3, 0.4) is 0 Å². The van der Waals surface area contributed by atoms with Crippen LogP contribution in [0.4, 0.5) is 10.9 Å². The zero-order chi connectivity index (χ0) is 24.5. The van der Waals surface area contributed by atoms with Gasteiger partial charge in [0.2, 0.25) is 0 Å². The number of carbonyl (C=O) groups excluding carboxylic acids is 1. The van der Waals surface area contributed by atoms with Crippen molar-refractivity contribution in [2.45, 2.75) is 26.7 Å². The van der Waals surface area contributed by atoms with Crippen LogP contribution in [0.1, 0.15) is 35.8 Å². The van der Waals surface area contributed by atoms with Crippen LogP contribution in [-0.2, 0) is 0 Å². The second-order valence-electron chi connectivity index (χ2n) is 8.73. The van der Waals surface area contributed by atoms with Crippen LogP contribution < -0.4 is 15.0 Å². The molecule has 1 aliphatic rings. The molecule has 8 nitrogen and oxygen atoms in total. The number of nitrogens with zero attached hydrogens (tertiary/aromatic N) is 5. The molecule has 0 radical (unpaired) electrons. The molecular formula is C25H25ClN6O2S. The van der Waals surface area contributed by atoms with Gasteiger partial charge < -0.3 is 9.64 Å². The number of aryl methyl sites for hydroxylation is 1. The number of rotatable bonds is 5. The lowest BCUT2D eigenvalue weighted by molar-refractivity contribution is 0.102. The number of nitrogens with one attached hydrogen (secondary N) is 1. The van der Waals surface area contributed by atoms with Crippen molar-refractivity contribution in [1.82, 2.24) is 19.9 Å². The maximum absolute atomic E-state index is 13.3. The first-order valence-corrected chi connectivity index (χ1v) is 12.6. The zero-order valence-corrected chi connectivity index (χ0v) is 21.3. The van der Waals surface area contributed by atoms with Gasteiger partial charge in [0.1, 0.15) is 22.2 Å². The lowest BCUT2D eigenvalue weighted by atomic mass is 9.99. The molecule has 1 amide bonds. The molecule has 5 rings (SSSR count). The number of thiazole rings is 1. The van der Waals surface area contributed by atoms with Crippen LogP contribution in [0.25, 0.3) is 21.3 Å². The van der Waals surface area contributed by atoms with Crippen molar-refractivity contribution in [2.75, 3.05) is 30.4 Å². The van der Waals surface area contributed by atoms with Gasteiger partial charge in [0.05, 0.1) is 29.8 Å². The smallest absolute Gasteiger partial charge is 0.259 e. The van der Waals surface area contributed by atoms with Gasteiger partial charge in [-0.3, -0.25) is 15.1 Å². The third kappa shape index (κ3) is 4.92. The van der Waals surface area contributed by atoms with Crippen molar-refractivity contribution in [3.05, 3.63) is 53.2 Å². The van der Waals surface area contributed by atoms with Crippen LogP contribution in [0.2, 0.25) is 5.15 Å². The summed E-state index contributed by atoms with van der Waals surface area (Å²) in [7, 11) is 1.55. The first kappa shape index (κ1) is 23.4. The number of ether oxygens (including phenoxy) is 1. The first-order valence-electron chi connectivity index (χ1n) is 11.4. The summed E-state index contributed by atoms with van der Waals surface area (Å²) in [6.45, 7) is 6.17. The van der Waals surface area contributed by atoms with Crippen molar-refractivity contribution < 1.29 is 9.53 Å². The molecule has 0 spiro atoms. The summed E-state index contributed by atoms with van der Waals surface area (Å²) in [5.41, 5.74) is 3.22. The number of carbonyl (C=O) groups is 1. The SMILES string of the molecule is COc1cnc(Cl)cc1-c1cc(C)ncc1C(=O)Nc1nc2cnc(N3CCC(C)CC3)cc2s1. The Morgan fingerprint density at radius 3 is 2.69 bits per heavy atom. The predicted octanol–water partition coefficient (Wildman–Crippen LogP) is 5.61. The van der Waals surface area contributed by atoms with E-state index in [0.717, 1.165) is 40.7 Å². The van der Waals surface area contributed by atoms with Crippen LogP contribution in [0.5, 0.6) is 5.75 Å². The van der Waals surface area contributed by atoms with Gasteiger partial charge in [0.25, 0.3) is 5.91 Å². The molecular weight excluding hydrogens is 484 g/mol. The number of piperidine rings is 1. The van der Waals surface area contributed by atoms with Crippen molar-refractivity contribution in [2.24, 2.45) is 5.92 Å². The Bertz CT molecular complexity index is 1400. The third-order valence-electron chi connectivity index (χ3n) is 6.22. The quantitative estimate of drug-likeness (QED) is 0.350.